The van der Waals surface area contributed by atoms with Crippen LogP contribution in [0.25, 0.3) is 0 Å². The maximum absolute atomic E-state index is 12.2. The summed E-state index contributed by atoms with van der Waals surface area (Å²) in [5.74, 6) is 0. The van der Waals surface area contributed by atoms with Crippen LogP contribution in [0, 0.1) is 0 Å². The van der Waals surface area contributed by atoms with E-state index in [1.165, 1.54) is 0 Å². The fraction of sp³-hybridized carbons (Fsp3) is 0.909. The molecule has 2 amide bonds. The second kappa shape index (κ2) is 5.01. The molecular formula is C11H21N3O2. The molecule has 16 heavy (non-hydrogen) atoms. The van der Waals surface area contributed by atoms with Gasteiger partial charge in [-0.1, -0.05) is 0 Å². The van der Waals surface area contributed by atoms with Gasteiger partial charge >= 0.3 is 6.03 Å². The number of urea groups is 1. The lowest BCUT2D eigenvalue weighted by atomic mass is 10.2. The summed E-state index contributed by atoms with van der Waals surface area (Å²) in [4.78, 5) is 18.4. The molecule has 92 valence electrons. The minimum Gasteiger partial charge on any atom is -0.378 e. The number of carbonyl (C=O) groups is 1. The molecule has 2 aliphatic heterocycles. The van der Waals surface area contributed by atoms with E-state index in [-0.39, 0.29) is 6.03 Å². The number of hydrogen-bond acceptors (Lipinski definition) is 3. The molecule has 2 aliphatic rings. The first-order valence-electron chi connectivity index (χ1n) is 6.00. The Morgan fingerprint density at radius 3 is 2.44 bits per heavy atom. The van der Waals surface area contributed by atoms with Gasteiger partial charge in [0.15, 0.2) is 0 Å². The predicted molar refractivity (Wildman–Crippen MR) is 61.5 cm³/mol. The molecule has 2 saturated heterocycles. The fourth-order valence-corrected chi connectivity index (χ4v) is 2.18. The Balaban J connectivity index is 1.89. The average molecular weight is 227 g/mol. The van der Waals surface area contributed by atoms with Gasteiger partial charge in [0.05, 0.1) is 13.2 Å². The lowest BCUT2D eigenvalue weighted by Crippen LogP contribution is -2.56. The van der Waals surface area contributed by atoms with Crippen LogP contribution in [0.2, 0.25) is 0 Å². The van der Waals surface area contributed by atoms with E-state index in [0.717, 1.165) is 32.7 Å². The van der Waals surface area contributed by atoms with Crippen LogP contribution in [-0.2, 0) is 4.74 Å². The molecule has 1 unspecified atom stereocenters. The van der Waals surface area contributed by atoms with E-state index in [4.69, 9.17) is 4.74 Å². The maximum Gasteiger partial charge on any atom is 0.320 e. The fourth-order valence-electron chi connectivity index (χ4n) is 2.18. The van der Waals surface area contributed by atoms with Crippen LogP contribution in [0.15, 0.2) is 0 Å². The zero-order valence-electron chi connectivity index (χ0n) is 10.2. The molecule has 0 saturated carbocycles. The molecule has 0 aromatic rings. The Bertz CT molecular complexity index is 254. The van der Waals surface area contributed by atoms with E-state index in [1.54, 1.807) is 0 Å². The molecular weight excluding hydrogens is 206 g/mol. The lowest BCUT2D eigenvalue weighted by Gasteiger charge is -2.40. The third kappa shape index (κ3) is 2.47. The molecule has 2 rings (SSSR count). The smallest absolute Gasteiger partial charge is 0.320 e. The standard InChI is InChI=1S/C11H21N3O2/c1-10-9-14(4-3-12(10)2)11(15)13-5-7-16-8-6-13/h10H,3-9H2,1-2H3. The van der Waals surface area contributed by atoms with Crippen molar-refractivity contribution >= 4 is 6.03 Å². The first-order valence-corrected chi connectivity index (χ1v) is 6.00. The Labute approximate surface area is 96.9 Å². The van der Waals surface area contributed by atoms with E-state index in [2.05, 4.69) is 18.9 Å². The summed E-state index contributed by atoms with van der Waals surface area (Å²) >= 11 is 0. The van der Waals surface area contributed by atoms with Crippen molar-refractivity contribution in [2.45, 2.75) is 13.0 Å². The van der Waals surface area contributed by atoms with Gasteiger partial charge in [-0.25, -0.2) is 4.79 Å². The topological polar surface area (TPSA) is 36.0 Å². The summed E-state index contributed by atoms with van der Waals surface area (Å²) in [5.41, 5.74) is 0. The number of rotatable bonds is 0. The molecule has 0 spiro atoms. The molecule has 0 aliphatic carbocycles. The molecule has 0 radical (unpaired) electrons. The van der Waals surface area contributed by atoms with Crippen molar-refractivity contribution in [1.82, 2.24) is 14.7 Å². The van der Waals surface area contributed by atoms with Gasteiger partial charge in [-0.15, -0.1) is 0 Å². The number of nitrogens with zero attached hydrogens (tertiary/aromatic N) is 3. The molecule has 0 aromatic heterocycles. The molecule has 5 heteroatoms. The number of ether oxygens (including phenoxy) is 1. The largest absolute Gasteiger partial charge is 0.378 e. The Hall–Kier alpha value is -0.810. The molecule has 1 atom stereocenters. The summed E-state index contributed by atoms with van der Waals surface area (Å²) in [7, 11) is 2.11. The van der Waals surface area contributed by atoms with Crippen molar-refractivity contribution in [3.05, 3.63) is 0 Å². The second-order valence-electron chi connectivity index (χ2n) is 4.66. The highest BCUT2D eigenvalue weighted by atomic mass is 16.5. The monoisotopic (exact) mass is 227 g/mol. The van der Waals surface area contributed by atoms with Crippen molar-refractivity contribution in [2.75, 3.05) is 53.0 Å². The quantitative estimate of drug-likeness (QED) is 0.588. The number of likely N-dealkylation sites (N-methyl/N-ethyl adjacent to an activating group) is 1. The van der Waals surface area contributed by atoms with Gasteiger partial charge in [0, 0.05) is 38.8 Å². The highest BCUT2D eigenvalue weighted by Crippen LogP contribution is 2.10. The van der Waals surface area contributed by atoms with Crippen LogP contribution >= 0.6 is 0 Å². The van der Waals surface area contributed by atoms with E-state index in [0.29, 0.717) is 19.3 Å². The number of hydrogen-bond donors (Lipinski definition) is 0. The summed E-state index contributed by atoms with van der Waals surface area (Å²) < 4.78 is 5.25. The Morgan fingerprint density at radius 2 is 1.81 bits per heavy atom. The highest BCUT2D eigenvalue weighted by Gasteiger charge is 2.28. The van der Waals surface area contributed by atoms with E-state index < -0.39 is 0 Å². The van der Waals surface area contributed by atoms with E-state index in [1.807, 2.05) is 9.80 Å². The Kier molecular flexibility index (Phi) is 3.66. The van der Waals surface area contributed by atoms with Crippen molar-refractivity contribution in [3.63, 3.8) is 0 Å². The van der Waals surface area contributed by atoms with Crippen molar-refractivity contribution in [2.24, 2.45) is 0 Å². The van der Waals surface area contributed by atoms with Crippen LogP contribution in [0.4, 0.5) is 4.79 Å². The molecule has 5 nitrogen and oxygen atoms in total. The average Bonchev–Trinajstić information content (AvgIpc) is 2.33. The molecule has 0 bridgehead atoms. The van der Waals surface area contributed by atoms with Gasteiger partial charge in [0.1, 0.15) is 0 Å². The lowest BCUT2D eigenvalue weighted by molar-refractivity contribution is 0.0344. The first-order chi connectivity index (χ1) is 7.68. The number of amides is 2. The molecule has 2 heterocycles. The number of carbonyl (C=O) groups excluding carboxylic acids is 1. The molecule has 0 aromatic carbocycles. The van der Waals surface area contributed by atoms with Gasteiger partial charge in [-0.05, 0) is 14.0 Å². The predicted octanol–water partition coefficient (Wildman–Crippen LogP) is 0.0745. The summed E-state index contributed by atoms with van der Waals surface area (Å²) in [6.45, 7) is 7.64. The van der Waals surface area contributed by atoms with Crippen LogP contribution in [0.5, 0.6) is 0 Å². The Morgan fingerprint density at radius 1 is 1.12 bits per heavy atom. The van der Waals surface area contributed by atoms with Crippen molar-refractivity contribution < 1.29 is 9.53 Å². The van der Waals surface area contributed by atoms with Gasteiger partial charge in [-0.2, -0.15) is 0 Å². The van der Waals surface area contributed by atoms with E-state index in [9.17, 15) is 4.79 Å². The van der Waals surface area contributed by atoms with Gasteiger partial charge in [0.25, 0.3) is 0 Å². The summed E-state index contributed by atoms with van der Waals surface area (Å²) in [6.07, 6.45) is 0. The molecule has 2 fully saturated rings. The minimum absolute atomic E-state index is 0.184. The highest BCUT2D eigenvalue weighted by molar-refractivity contribution is 5.74. The summed E-state index contributed by atoms with van der Waals surface area (Å²) in [5, 5.41) is 0. The number of piperazine rings is 1. The van der Waals surface area contributed by atoms with E-state index >= 15 is 0 Å². The normalized spacial score (nSPS) is 28.2. The maximum atomic E-state index is 12.2. The second-order valence-corrected chi connectivity index (χ2v) is 4.66. The van der Waals surface area contributed by atoms with Gasteiger partial charge in [0.2, 0.25) is 0 Å². The summed E-state index contributed by atoms with van der Waals surface area (Å²) in [6, 6.07) is 0.641. The van der Waals surface area contributed by atoms with Crippen LogP contribution in [0.3, 0.4) is 0 Å². The third-order valence-corrected chi connectivity index (χ3v) is 3.51. The zero-order chi connectivity index (χ0) is 11.5. The van der Waals surface area contributed by atoms with Crippen molar-refractivity contribution in [3.8, 4) is 0 Å². The molecule has 0 N–H and O–H groups in total. The van der Waals surface area contributed by atoms with Crippen LogP contribution in [0.1, 0.15) is 6.92 Å². The SMILES string of the molecule is CC1CN(C(=O)N2CCOCC2)CCN1C. The van der Waals surface area contributed by atoms with Crippen LogP contribution < -0.4 is 0 Å². The third-order valence-electron chi connectivity index (χ3n) is 3.51. The van der Waals surface area contributed by atoms with Crippen LogP contribution in [-0.4, -0.2) is 79.8 Å². The first kappa shape index (κ1) is 11.7. The zero-order valence-corrected chi connectivity index (χ0v) is 10.2. The van der Waals surface area contributed by atoms with Crippen molar-refractivity contribution in [1.29, 1.82) is 0 Å². The number of morpholine rings is 1. The van der Waals surface area contributed by atoms with Gasteiger partial charge < -0.3 is 19.4 Å². The van der Waals surface area contributed by atoms with Gasteiger partial charge in [-0.3, -0.25) is 0 Å². The minimum atomic E-state index is 0.184.